The maximum absolute atomic E-state index is 12.5. The fourth-order valence-corrected chi connectivity index (χ4v) is 2.49. The number of nitro benzene ring substituents is 1. The molecule has 29 heavy (non-hydrogen) atoms. The Morgan fingerprint density at radius 1 is 1.03 bits per heavy atom. The van der Waals surface area contributed by atoms with Crippen LogP contribution in [-0.4, -0.2) is 28.7 Å². The van der Waals surface area contributed by atoms with Crippen LogP contribution >= 0.6 is 11.6 Å². The first-order valence-corrected chi connectivity index (χ1v) is 9.08. The molecule has 8 nitrogen and oxygen atoms in total. The quantitative estimate of drug-likeness (QED) is 0.310. The van der Waals surface area contributed by atoms with Crippen molar-refractivity contribution in [1.29, 1.82) is 0 Å². The van der Waals surface area contributed by atoms with Crippen molar-refractivity contribution in [2.24, 2.45) is 5.92 Å². The first-order chi connectivity index (χ1) is 13.6. The molecule has 0 fully saturated rings. The van der Waals surface area contributed by atoms with E-state index in [4.69, 9.17) is 16.3 Å². The van der Waals surface area contributed by atoms with Gasteiger partial charge in [-0.05, 0) is 43.3 Å². The van der Waals surface area contributed by atoms with Crippen LogP contribution in [0, 0.1) is 16.0 Å². The number of amides is 1. The van der Waals surface area contributed by atoms with Gasteiger partial charge in [-0.3, -0.25) is 19.7 Å². The molecule has 1 amide bonds. The van der Waals surface area contributed by atoms with E-state index in [1.165, 1.54) is 31.2 Å². The van der Waals surface area contributed by atoms with Gasteiger partial charge in [0.1, 0.15) is 5.02 Å². The monoisotopic (exact) mass is 418 g/mol. The topological polar surface area (TPSA) is 116 Å². The van der Waals surface area contributed by atoms with Crippen molar-refractivity contribution in [3.63, 3.8) is 0 Å². The number of nitrogens with zero attached hydrogens (tertiary/aromatic N) is 1. The molecule has 0 aliphatic rings. The van der Waals surface area contributed by atoms with E-state index in [2.05, 4.69) is 5.32 Å². The maximum atomic E-state index is 12.5. The molecule has 2 aromatic rings. The summed E-state index contributed by atoms with van der Waals surface area (Å²) in [6.07, 6.45) is -1.12. The minimum absolute atomic E-state index is 0.0903. The number of hydrogen-bond acceptors (Lipinski definition) is 6. The van der Waals surface area contributed by atoms with Crippen molar-refractivity contribution in [2.75, 3.05) is 5.32 Å². The van der Waals surface area contributed by atoms with Crippen LogP contribution in [-0.2, 0) is 9.53 Å². The fraction of sp³-hybridized carbons (Fsp3) is 0.250. The number of ether oxygens (including phenoxy) is 1. The molecule has 0 aliphatic heterocycles. The molecule has 0 saturated heterocycles. The Bertz CT molecular complexity index is 956. The summed E-state index contributed by atoms with van der Waals surface area (Å²) in [5.74, 6) is -1.67. The summed E-state index contributed by atoms with van der Waals surface area (Å²) in [6, 6.07) is 9.66. The minimum Gasteiger partial charge on any atom is -0.451 e. The van der Waals surface area contributed by atoms with Crippen LogP contribution in [0.1, 0.15) is 41.5 Å². The van der Waals surface area contributed by atoms with Gasteiger partial charge in [0.15, 0.2) is 6.10 Å². The highest BCUT2D eigenvalue weighted by atomic mass is 35.5. The minimum atomic E-state index is -1.12. The second-order valence-corrected chi connectivity index (χ2v) is 6.96. The molecule has 0 aromatic heterocycles. The number of carbonyl (C=O) groups is 3. The predicted molar refractivity (Wildman–Crippen MR) is 107 cm³/mol. The van der Waals surface area contributed by atoms with Crippen LogP contribution in [0.4, 0.5) is 11.4 Å². The molecule has 1 N–H and O–H groups in total. The van der Waals surface area contributed by atoms with E-state index in [1.54, 1.807) is 26.0 Å². The molecular weight excluding hydrogens is 400 g/mol. The van der Waals surface area contributed by atoms with Crippen LogP contribution in [0.5, 0.6) is 0 Å². The summed E-state index contributed by atoms with van der Waals surface area (Å²) in [4.78, 5) is 46.6. The number of halogens is 1. The zero-order chi connectivity index (χ0) is 21.7. The van der Waals surface area contributed by atoms with Gasteiger partial charge in [0.2, 0.25) is 11.7 Å². The van der Waals surface area contributed by atoms with Crippen LogP contribution in [0.3, 0.4) is 0 Å². The van der Waals surface area contributed by atoms with Crippen molar-refractivity contribution in [3.8, 4) is 0 Å². The normalized spacial score (nSPS) is 11.6. The van der Waals surface area contributed by atoms with Gasteiger partial charge >= 0.3 is 5.97 Å². The Kier molecular flexibility index (Phi) is 7.06. The first kappa shape index (κ1) is 22.0. The highest BCUT2D eigenvalue weighted by Gasteiger charge is 2.23. The number of anilines is 1. The molecule has 1 atom stereocenters. The van der Waals surface area contributed by atoms with Gasteiger partial charge in [0, 0.05) is 23.2 Å². The average molecular weight is 419 g/mol. The maximum Gasteiger partial charge on any atom is 0.339 e. The van der Waals surface area contributed by atoms with E-state index in [0.29, 0.717) is 5.69 Å². The van der Waals surface area contributed by atoms with Gasteiger partial charge in [0.05, 0.1) is 10.5 Å². The van der Waals surface area contributed by atoms with E-state index in [1.807, 2.05) is 0 Å². The lowest BCUT2D eigenvalue weighted by Gasteiger charge is -2.13. The highest BCUT2D eigenvalue weighted by Crippen LogP contribution is 2.25. The number of ketones is 1. The summed E-state index contributed by atoms with van der Waals surface area (Å²) < 4.78 is 5.13. The van der Waals surface area contributed by atoms with Crippen LogP contribution in [0.15, 0.2) is 42.5 Å². The molecule has 2 rings (SSSR count). The Morgan fingerprint density at radius 3 is 2.17 bits per heavy atom. The third-order valence-electron chi connectivity index (χ3n) is 3.99. The first-order valence-electron chi connectivity index (χ1n) is 8.70. The number of hydrogen-bond donors (Lipinski definition) is 1. The highest BCUT2D eigenvalue weighted by molar-refractivity contribution is 6.32. The zero-order valence-corrected chi connectivity index (χ0v) is 16.7. The molecule has 0 saturated carbocycles. The molecule has 0 heterocycles. The Morgan fingerprint density at radius 2 is 1.62 bits per heavy atom. The summed E-state index contributed by atoms with van der Waals surface area (Å²) in [6.45, 7) is 4.93. The second-order valence-electron chi connectivity index (χ2n) is 6.56. The number of rotatable bonds is 7. The molecular formula is C20H19ClN2O6. The lowest BCUT2D eigenvalue weighted by molar-refractivity contribution is -0.384. The second kappa shape index (κ2) is 9.29. The molecule has 9 heteroatoms. The third-order valence-corrected chi connectivity index (χ3v) is 4.31. The van der Waals surface area contributed by atoms with Gasteiger partial charge < -0.3 is 10.1 Å². The zero-order valence-electron chi connectivity index (χ0n) is 16.0. The number of Topliss-reactive ketones (excluding diaryl/α,β-unsaturated/α-hetero) is 1. The lowest BCUT2D eigenvalue weighted by Crippen LogP contribution is -2.24. The number of benzene rings is 2. The van der Waals surface area contributed by atoms with E-state index < -0.39 is 28.5 Å². The van der Waals surface area contributed by atoms with Gasteiger partial charge in [0.25, 0.3) is 5.69 Å². The molecule has 0 spiro atoms. The summed E-state index contributed by atoms with van der Waals surface area (Å²) in [5.41, 5.74) is 0.305. The predicted octanol–water partition coefficient (Wildman–Crippen LogP) is 4.27. The SMILES string of the molecule is CC(C)C(=O)Nc1ccc(C(=O)C(C)OC(=O)c2ccc(Cl)c([N+](=O)[O-])c2)cc1. The lowest BCUT2D eigenvalue weighted by atomic mass is 10.1. The smallest absolute Gasteiger partial charge is 0.339 e. The van der Waals surface area contributed by atoms with E-state index in [0.717, 1.165) is 6.07 Å². The molecule has 152 valence electrons. The third kappa shape index (κ3) is 5.61. The summed E-state index contributed by atoms with van der Waals surface area (Å²) in [5, 5.41) is 13.5. The largest absolute Gasteiger partial charge is 0.451 e. The van der Waals surface area contributed by atoms with Crippen LogP contribution in [0.25, 0.3) is 0 Å². The Hall–Kier alpha value is -3.26. The molecule has 2 aromatic carbocycles. The molecule has 0 radical (unpaired) electrons. The van der Waals surface area contributed by atoms with Crippen LogP contribution < -0.4 is 5.32 Å². The average Bonchev–Trinajstić information content (AvgIpc) is 2.67. The van der Waals surface area contributed by atoms with Crippen molar-refractivity contribution < 1.29 is 24.0 Å². The number of nitrogens with one attached hydrogen (secondary N) is 1. The van der Waals surface area contributed by atoms with Gasteiger partial charge in [-0.1, -0.05) is 25.4 Å². The molecule has 0 bridgehead atoms. The van der Waals surface area contributed by atoms with Crippen molar-refractivity contribution in [3.05, 3.63) is 68.7 Å². The van der Waals surface area contributed by atoms with E-state index in [-0.39, 0.29) is 28.0 Å². The standard InChI is InChI=1S/C20H19ClN2O6/c1-11(2)19(25)22-15-7-4-13(5-8-15)18(24)12(3)29-20(26)14-6-9-16(21)17(10-14)23(27)28/h4-12H,1-3H3,(H,22,25). The van der Waals surface area contributed by atoms with Crippen molar-refractivity contribution in [1.82, 2.24) is 0 Å². The Balaban J connectivity index is 2.07. The number of nitro groups is 1. The van der Waals surface area contributed by atoms with Crippen LogP contribution in [0.2, 0.25) is 5.02 Å². The van der Waals surface area contributed by atoms with Gasteiger partial charge in [-0.15, -0.1) is 0 Å². The molecule has 0 aliphatic carbocycles. The van der Waals surface area contributed by atoms with Gasteiger partial charge in [-0.2, -0.15) is 0 Å². The van der Waals surface area contributed by atoms with Gasteiger partial charge in [-0.25, -0.2) is 4.79 Å². The summed E-state index contributed by atoms with van der Waals surface area (Å²) in [7, 11) is 0. The van der Waals surface area contributed by atoms with Crippen molar-refractivity contribution >= 4 is 40.6 Å². The molecule has 1 unspecified atom stereocenters. The summed E-state index contributed by atoms with van der Waals surface area (Å²) >= 11 is 5.72. The fourth-order valence-electron chi connectivity index (χ4n) is 2.30. The van der Waals surface area contributed by atoms with E-state index in [9.17, 15) is 24.5 Å². The number of carbonyl (C=O) groups excluding carboxylic acids is 3. The van der Waals surface area contributed by atoms with Crippen molar-refractivity contribution in [2.45, 2.75) is 26.9 Å². The van der Waals surface area contributed by atoms with E-state index >= 15 is 0 Å². The number of esters is 1. The Labute approximate surface area is 172 Å².